The van der Waals surface area contributed by atoms with E-state index in [0.717, 1.165) is 38.5 Å². The fourth-order valence-electron chi connectivity index (χ4n) is 1.39. The average Bonchev–Trinajstić information content (AvgIpc) is 2.15. The summed E-state index contributed by atoms with van der Waals surface area (Å²) in [6.45, 7) is 5.34. The van der Waals surface area contributed by atoms with Gasteiger partial charge in [-0.15, -0.1) is 4.39 Å². The Morgan fingerprint density at radius 1 is 1.00 bits per heavy atom. The summed E-state index contributed by atoms with van der Waals surface area (Å²) in [6.07, 6.45) is 4.90. The lowest BCUT2D eigenvalue weighted by atomic mass is 10.2. The zero-order valence-corrected chi connectivity index (χ0v) is 9.39. The van der Waals surface area contributed by atoms with Crippen LogP contribution in [0.25, 0.3) is 0 Å². The molecule has 0 bridgehead atoms. The third kappa shape index (κ3) is 6.87. The third-order valence-electron chi connectivity index (χ3n) is 2.31. The maximum atomic E-state index is 12.5. The van der Waals surface area contributed by atoms with Gasteiger partial charge in [0.25, 0.3) is 0 Å². The molecule has 0 N–H and O–H groups in total. The minimum atomic E-state index is -1.27. The third-order valence-corrected chi connectivity index (χ3v) is 2.31. The molecule has 0 atom stereocenters. The summed E-state index contributed by atoms with van der Waals surface area (Å²) in [6, 6.07) is 0. The Hall–Kier alpha value is -0.600. The van der Waals surface area contributed by atoms with E-state index < -0.39 is 6.16 Å². The van der Waals surface area contributed by atoms with Gasteiger partial charge in [0.05, 0.1) is 0 Å². The lowest BCUT2D eigenvalue weighted by Gasteiger charge is -2.17. The summed E-state index contributed by atoms with van der Waals surface area (Å²) in [4.78, 5) is 11.9. The van der Waals surface area contributed by atoms with Gasteiger partial charge in [-0.05, 0) is 12.8 Å². The highest BCUT2D eigenvalue weighted by atomic mass is 19.1. The molecule has 0 aliphatic carbocycles. The van der Waals surface area contributed by atoms with Gasteiger partial charge in [-0.3, -0.25) is 0 Å². The van der Waals surface area contributed by atoms with Crippen LogP contribution in [0.15, 0.2) is 0 Å². The summed E-state index contributed by atoms with van der Waals surface area (Å²) in [7, 11) is 0. The Morgan fingerprint density at radius 3 is 1.71 bits per heavy atom. The van der Waals surface area contributed by atoms with Crippen molar-refractivity contribution in [1.82, 2.24) is 4.90 Å². The zero-order valence-electron chi connectivity index (χ0n) is 9.39. The van der Waals surface area contributed by atoms with Crippen LogP contribution in [-0.4, -0.2) is 24.2 Å². The number of carbonyl (C=O) groups excluding carboxylic acids is 1. The van der Waals surface area contributed by atoms with Crippen LogP contribution in [-0.2, 0) is 0 Å². The molecule has 0 aromatic carbocycles. The van der Waals surface area contributed by atoms with Crippen molar-refractivity contribution in [3.63, 3.8) is 0 Å². The van der Waals surface area contributed by atoms with E-state index in [1.165, 1.54) is 4.90 Å². The number of hydrogen-bond acceptors (Lipinski definition) is 1. The molecule has 0 fully saturated rings. The largest absolute Gasteiger partial charge is 0.400 e. The summed E-state index contributed by atoms with van der Waals surface area (Å²) in [5.41, 5.74) is 0. The van der Waals surface area contributed by atoms with E-state index in [0.29, 0.717) is 13.1 Å². The first-order valence-electron chi connectivity index (χ1n) is 5.66. The lowest BCUT2D eigenvalue weighted by molar-refractivity contribution is 0.172. The molecule has 0 spiro atoms. The Kier molecular flexibility index (Phi) is 8.59. The summed E-state index contributed by atoms with van der Waals surface area (Å²) in [5.74, 6) is 0. The normalized spacial score (nSPS) is 10.2. The van der Waals surface area contributed by atoms with Crippen molar-refractivity contribution in [2.24, 2.45) is 0 Å². The molecule has 0 aliphatic rings. The predicted octanol–water partition coefficient (Wildman–Crippen LogP) is 3.76. The van der Waals surface area contributed by atoms with E-state index in [1.807, 2.05) is 0 Å². The van der Waals surface area contributed by atoms with Gasteiger partial charge in [0.1, 0.15) is 0 Å². The molecule has 0 aromatic rings. The predicted molar refractivity (Wildman–Crippen MR) is 57.1 cm³/mol. The van der Waals surface area contributed by atoms with Crippen molar-refractivity contribution >= 4 is 6.16 Å². The van der Waals surface area contributed by atoms with Crippen molar-refractivity contribution in [1.29, 1.82) is 0 Å². The standard InChI is InChI=1S/C11H22FNO/c1-3-5-7-9-13(11(12)14)10-8-6-4-2/h3-10H2,1-2H3. The summed E-state index contributed by atoms with van der Waals surface area (Å²) in [5, 5.41) is 0. The fourth-order valence-corrected chi connectivity index (χ4v) is 1.39. The molecule has 0 aromatic heterocycles. The van der Waals surface area contributed by atoms with Crippen LogP contribution in [0.5, 0.6) is 0 Å². The van der Waals surface area contributed by atoms with Crippen molar-refractivity contribution in [2.75, 3.05) is 13.1 Å². The van der Waals surface area contributed by atoms with Gasteiger partial charge in [-0.25, -0.2) is 4.79 Å². The number of nitrogens with zero attached hydrogens (tertiary/aromatic N) is 1. The fraction of sp³-hybridized carbons (Fsp3) is 0.909. The van der Waals surface area contributed by atoms with Crippen LogP contribution in [0.1, 0.15) is 52.4 Å². The Morgan fingerprint density at radius 2 is 1.43 bits per heavy atom. The van der Waals surface area contributed by atoms with Gasteiger partial charge in [0, 0.05) is 13.1 Å². The molecular formula is C11H22FNO. The molecule has 0 radical (unpaired) electrons. The van der Waals surface area contributed by atoms with Crippen LogP contribution < -0.4 is 0 Å². The quantitative estimate of drug-likeness (QED) is 0.334. The second-order valence-corrected chi connectivity index (χ2v) is 3.65. The number of halogens is 1. The van der Waals surface area contributed by atoms with Crippen LogP contribution >= 0.6 is 0 Å². The molecule has 0 rings (SSSR count). The highest BCUT2D eigenvalue weighted by Gasteiger charge is 2.10. The number of hydrogen-bond donors (Lipinski definition) is 0. The number of rotatable bonds is 8. The first-order valence-corrected chi connectivity index (χ1v) is 5.66. The minimum absolute atomic E-state index is 0.576. The highest BCUT2D eigenvalue weighted by molar-refractivity contribution is 5.65. The number of carbonyl (C=O) groups is 1. The van der Waals surface area contributed by atoms with E-state index in [2.05, 4.69) is 13.8 Å². The van der Waals surface area contributed by atoms with Crippen LogP contribution in [0.3, 0.4) is 0 Å². The van der Waals surface area contributed by atoms with Gasteiger partial charge >= 0.3 is 6.16 Å². The maximum absolute atomic E-state index is 12.5. The molecular weight excluding hydrogens is 181 g/mol. The monoisotopic (exact) mass is 203 g/mol. The maximum Gasteiger partial charge on any atom is 0.400 e. The molecule has 84 valence electrons. The number of unbranched alkanes of at least 4 members (excludes halogenated alkanes) is 4. The molecule has 0 unspecified atom stereocenters. The minimum Gasteiger partial charge on any atom is -0.315 e. The smallest absolute Gasteiger partial charge is 0.315 e. The zero-order chi connectivity index (χ0) is 10.8. The van der Waals surface area contributed by atoms with Gasteiger partial charge in [0.15, 0.2) is 0 Å². The van der Waals surface area contributed by atoms with E-state index in [1.54, 1.807) is 0 Å². The molecule has 0 saturated heterocycles. The lowest BCUT2D eigenvalue weighted by Crippen LogP contribution is -2.29. The van der Waals surface area contributed by atoms with Crippen LogP contribution in [0.2, 0.25) is 0 Å². The first-order chi connectivity index (χ1) is 6.72. The number of amides is 1. The first kappa shape index (κ1) is 13.4. The molecule has 2 nitrogen and oxygen atoms in total. The van der Waals surface area contributed by atoms with Crippen LogP contribution in [0.4, 0.5) is 9.18 Å². The summed E-state index contributed by atoms with van der Waals surface area (Å²) >= 11 is 0. The average molecular weight is 203 g/mol. The topological polar surface area (TPSA) is 20.3 Å². The second kappa shape index (κ2) is 8.97. The van der Waals surface area contributed by atoms with Crippen molar-refractivity contribution in [3.8, 4) is 0 Å². The summed E-state index contributed by atoms with van der Waals surface area (Å²) < 4.78 is 12.5. The van der Waals surface area contributed by atoms with Gasteiger partial charge in [-0.2, -0.15) is 0 Å². The van der Waals surface area contributed by atoms with Gasteiger partial charge in [-0.1, -0.05) is 39.5 Å². The van der Waals surface area contributed by atoms with E-state index in [4.69, 9.17) is 0 Å². The SMILES string of the molecule is CCCCCN(CCCCC)C(=O)F. The molecule has 1 amide bonds. The molecule has 0 aliphatic heterocycles. The van der Waals surface area contributed by atoms with E-state index in [-0.39, 0.29) is 0 Å². The van der Waals surface area contributed by atoms with E-state index >= 15 is 0 Å². The molecule has 0 heterocycles. The second-order valence-electron chi connectivity index (χ2n) is 3.65. The highest BCUT2D eigenvalue weighted by Crippen LogP contribution is 2.04. The molecule has 3 heteroatoms. The van der Waals surface area contributed by atoms with Crippen LogP contribution in [0, 0.1) is 0 Å². The Labute approximate surface area is 86.5 Å². The Balaban J connectivity index is 3.61. The molecule has 14 heavy (non-hydrogen) atoms. The van der Waals surface area contributed by atoms with Crippen molar-refractivity contribution in [2.45, 2.75) is 52.4 Å². The van der Waals surface area contributed by atoms with Gasteiger partial charge in [0.2, 0.25) is 0 Å². The van der Waals surface area contributed by atoms with Gasteiger partial charge < -0.3 is 4.90 Å². The van der Waals surface area contributed by atoms with Crippen molar-refractivity contribution in [3.05, 3.63) is 0 Å². The van der Waals surface area contributed by atoms with E-state index in [9.17, 15) is 9.18 Å². The molecule has 0 saturated carbocycles. The Bertz CT molecular complexity index is 140. The van der Waals surface area contributed by atoms with Crippen molar-refractivity contribution < 1.29 is 9.18 Å².